The van der Waals surface area contributed by atoms with Gasteiger partial charge in [0.25, 0.3) is 0 Å². The van der Waals surface area contributed by atoms with Crippen molar-refractivity contribution in [2.24, 2.45) is 0 Å². The minimum absolute atomic E-state index is 0.203. The van der Waals surface area contributed by atoms with Crippen molar-refractivity contribution < 1.29 is 14.6 Å². The van der Waals surface area contributed by atoms with E-state index in [1.165, 1.54) is 0 Å². The van der Waals surface area contributed by atoms with Crippen LogP contribution in [-0.2, 0) is 9.53 Å². The highest BCUT2D eigenvalue weighted by atomic mass is 79.9. The fourth-order valence-electron chi connectivity index (χ4n) is 1.43. The Bertz CT molecular complexity index is 409. The second-order valence-corrected chi connectivity index (χ2v) is 5.21. The topological polar surface area (TPSA) is 46.5 Å². The molecule has 0 saturated carbocycles. The quantitative estimate of drug-likeness (QED) is 0.803. The van der Waals surface area contributed by atoms with E-state index >= 15 is 0 Å². The van der Waals surface area contributed by atoms with Crippen molar-refractivity contribution >= 4 is 33.5 Å². The van der Waals surface area contributed by atoms with E-state index in [2.05, 4.69) is 15.9 Å². The lowest BCUT2D eigenvalue weighted by molar-refractivity contribution is -0.144. The molecule has 0 saturated heterocycles. The van der Waals surface area contributed by atoms with Gasteiger partial charge in [-0.05, 0) is 46.5 Å². The van der Waals surface area contributed by atoms with Crippen LogP contribution in [0.25, 0.3) is 0 Å². The Kier molecular flexibility index (Phi) is 6.68. The van der Waals surface area contributed by atoms with Gasteiger partial charge in [0.2, 0.25) is 0 Å². The van der Waals surface area contributed by atoms with Gasteiger partial charge in [-0.15, -0.1) is 0 Å². The zero-order chi connectivity index (χ0) is 13.5. The second-order valence-electron chi connectivity index (χ2n) is 3.95. The zero-order valence-corrected chi connectivity index (χ0v) is 12.5. The van der Waals surface area contributed by atoms with Gasteiger partial charge in [0.05, 0.1) is 17.7 Å². The summed E-state index contributed by atoms with van der Waals surface area (Å²) >= 11 is 9.22. The van der Waals surface area contributed by atoms with E-state index in [0.717, 1.165) is 10.9 Å². The number of halogens is 2. The Morgan fingerprint density at radius 3 is 2.89 bits per heavy atom. The average molecular weight is 336 g/mol. The molecule has 0 fully saturated rings. The summed E-state index contributed by atoms with van der Waals surface area (Å²) in [5, 5.41) is 10.5. The zero-order valence-electron chi connectivity index (χ0n) is 10.2. The van der Waals surface area contributed by atoms with Crippen molar-refractivity contribution in [2.75, 3.05) is 6.61 Å². The maximum atomic E-state index is 11.3. The molecule has 1 aromatic rings. The van der Waals surface area contributed by atoms with E-state index in [1.54, 1.807) is 18.2 Å². The largest absolute Gasteiger partial charge is 0.466 e. The van der Waals surface area contributed by atoms with E-state index < -0.39 is 6.10 Å². The highest BCUT2D eigenvalue weighted by Gasteiger charge is 2.12. The molecule has 5 heteroatoms. The number of rotatable bonds is 6. The van der Waals surface area contributed by atoms with Crippen LogP contribution in [0.3, 0.4) is 0 Å². The molecule has 0 heterocycles. The first-order chi connectivity index (χ1) is 8.54. The summed E-state index contributed by atoms with van der Waals surface area (Å²) in [6, 6.07) is 5.24. The van der Waals surface area contributed by atoms with Gasteiger partial charge < -0.3 is 9.84 Å². The summed E-state index contributed by atoms with van der Waals surface area (Å²) in [6.07, 6.45) is 0.635. The molecule has 1 rings (SSSR count). The van der Waals surface area contributed by atoms with Gasteiger partial charge in [-0.3, -0.25) is 4.79 Å². The van der Waals surface area contributed by atoms with Crippen LogP contribution >= 0.6 is 27.5 Å². The van der Waals surface area contributed by atoms with Crippen LogP contribution in [0, 0.1) is 0 Å². The van der Waals surface area contributed by atoms with Crippen LogP contribution in [0.5, 0.6) is 0 Å². The molecule has 0 aliphatic heterocycles. The number of carbonyl (C=O) groups is 1. The first kappa shape index (κ1) is 15.5. The van der Waals surface area contributed by atoms with Gasteiger partial charge in [0.1, 0.15) is 0 Å². The minimum atomic E-state index is -0.704. The van der Waals surface area contributed by atoms with Crippen molar-refractivity contribution in [3.8, 4) is 0 Å². The summed E-state index contributed by atoms with van der Waals surface area (Å²) < 4.78 is 5.72. The number of benzene rings is 1. The molecule has 0 aliphatic rings. The van der Waals surface area contributed by atoms with Gasteiger partial charge in [-0.25, -0.2) is 0 Å². The molecule has 1 aromatic carbocycles. The van der Waals surface area contributed by atoms with Crippen molar-refractivity contribution in [2.45, 2.75) is 32.3 Å². The first-order valence-corrected chi connectivity index (χ1v) is 7.00. The van der Waals surface area contributed by atoms with E-state index in [4.69, 9.17) is 16.3 Å². The number of carbonyl (C=O) groups excluding carboxylic acids is 1. The van der Waals surface area contributed by atoms with E-state index in [-0.39, 0.29) is 12.4 Å². The summed E-state index contributed by atoms with van der Waals surface area (Å²) in [7, 11) is 0. The van der Waals surface area contributed by atoms with Crippen LogP contribution < -0.4 is 0 Å². The van der Waals surface area contributed by atoms with Crippen LogP contribution in [0.4, 0.5) is 0 Å². The van der Waals surface area contributed by atoms with Crippen molar-refractivity contribution in [3.05, 3.63) is 33.3 Å². The van der Waals surface area contributed by atoms with Gasteiger partial charge in [-0.2, -0.15) is 0 Å². The summed E-state index contributed by atoms with van der Waals surface area (Å²) in [5.74, 6) is -0.279. The third kappa shape index (κ3) is 4.96. The number of hydrogen-bond donors (Lipinski definition) is 1. The number of aliphatic hydroxyl groups is 1. The lowest BCUT2D eigenvalue weighted by atomic mass is 10.1. The Morgan fingerprint density at radius 2 is 2.28 bits per heavy atom. The fraction of sp³-hybridized carbons (Fsp3) is 0.462. The number of ether oxygens (including phenoxy) is 1. The highest BCUT2D eigenvalue weighted by molar-refractivity contribution is 9.10. The highest BCUT2D eigenvalue weighted by Crippen LogP contribution is 2.27. The first-order valence-electron chi connectivity index (χ1n) is 5.83. The SMILES string of the molecule is CCCOC(=O)CCC(O)c1ccc(Br)c(Cl)c1. The van der Waals surface area contributed by atoms with Crippen LogP contribution in [0.2, 0.25) is 5.02 Å². The Hall–Kier alpha value is -0.580. The lowest BCUT2D eigenvalue weighted by Crippen LogP contribution is -2.08. The molecule has 1 N–H and O–H groups in total. The van der Waals surface area contributed by atoms with E-state index in [0.29, 0.717) is 23.6 Å². The maximum Gasteiger partial charge on any atom is 0.305 e. The molecule has 0 spiro atoms. The molecule has 100 valence electrons. The molecule has 0 aliphatic carbocycles. The molecule has 1 unspecified atom stereocenters. The summed E-state index contributed by atoms with van der Waals surface area (Å²) in [4.78, 5) is 11.3. The van der Waals surface area contributed by atoms with Gasteiger partial charge in [0.15, 0.2) is 0 Å². The average Bonchev–Trinajstić information content (AvgIpc) is 2.36. The standard InChI is InChI=1S/C13H16BrClO3/c1-2-7-18-13(17)6-5-12(16)9-3-4-10(14)11(15)8-9/h3-4,8,12,16H,2,5-7H2,1H3. The number of hydrogen-bond acceptors (Lipinski definition) is 3. The number of esters is 1. The maximum absolute atomic E-state index is 11.3. The van der Waals surface area contributed by atoms with Gasteiger partial charge >= 0.3 is 5.97 Å². The monoisotopic (exact) mass is 334 g/mol. The smallest absolute Gasteiger partial charge is 0.305 e. The fourth-order valence-corrected chi connectivity index (χ4v) is 1.86. The molecular weight excluding hydrogens is 319 g/mol. The molecule has 0 amide bonds. The van der Waals surface area contributed by atoms with Gasteiger partial charge in [-0.1, -0.05) is 24.6 Å². The van der Waals surface area contributed by atoms with E-state index in [1.807, 2.05) is 6.92 Å². The number of aliphatic hydroxyl groups excluding tert-OH is 1. The van der Waals surface area contributed by atoms with Crippen LogP contribution in [-0.4, -0.2) is 17.7 Å². The predicted molar refractivity (Wildman–Crippen MR) is 74.6 cm³/mol. The Labute approximate surface area is 120 Å². The minimum Gasteiger partial charge on any atom is -0.466 e. The Morgan fingerprint density at radius 1 is 1.56 bits per heavy atom. The van der Waals surface area contributed by atoms with Crippen molar-refractivity contribution in [3.63, 3.8) is 0 Å². The van der Waals surface area contributed by atoms with Crippen molar-refractivity contribution in [1.29, 1.82) is 0 Å². The predicted octanol–water partition coefficient (Wildman–Crippen LogP) is 3.87. The lowest BCUT2D eigenvalue weighted by Gasteiger charge is -2.11. The summed E-state index contributed by atoms with van der Waals surface area (Å²) in [6.45, 7) is 2.37. The molecule has 0 aromatic heterocycles. The molecule has 0 radical (unpaired) electrons. The normalized spacial score (nSPS) is 12.2. The Balaban J connectivity index is 2.47. The molecule has 1 atom stereocenters. The third-order valence-electron chi connectivity index (χ3n) is 2.42. The molecular formula is C13H16BrClO3. The third-order valence-corrected chi connectivity index (χ3v) is 3.65. The molecule has 3 nitrogen and oxygen atoms in total. The van der Waals surface area contributed by atoms with Crippen LogP contribution in [0.15, 0.2) is 22.7 Å². The molecule has 18 heavy (non-hydrogen) atoms. The van der Waals surface area contributed by atoms with Crippen molar-refractivity contribution in [1.82, 2.24) is 0 Å². The second kappa shape index (κ2) is 7.77. The van der Waals surface area contributed by atoms with Crippen LogP contribution in [0.1, 0.15) is 37.9 Å². The molecule has 0 bridgehead atoms. The summed E-state index contributed by atoms with van der Waals surface area (Å²) in [5.41, 5.74) is 0.700. The van der Waals surface area contributed by atoms with E-state index in [9.17, 15) is 9.90 Å². The van der Waals surface area contributed by atoms with Gasteiger partial charge in [0, 0.05) is 10.9 Å².